The molecule has 0 radical (unpaired) electrons. The third-order valence-corrected chi connectivity index (χ3v) is 4.06. The first-order valence-electron chi connectivity index (χ1n) is 7.56. The Bertz CT molecular complexity index is 821. The number of halogens is 2. The number of amides is 1. The zero-order valence-electron chi connectivity index (χ0n) is 13.0. The van der Waals surface area contributed by atoms with Crippen molar-refractivity contribution in [2.45, 2.75) is 19.4 Å². The molecule has 2 aromatic carbocycles. The summed E-state index contributed by atoms with van der Waals surface area (Å²) in [7, 11) is 0. The standard InChI is InChI=1S/C18H15F2N3O/c1-11(22-17-14(19)8-12(10-21)9-15(17)20)18(24)23-7-6-13-4-2-3-5-16(13)23/h2-5,8-9,11,22H,6-7H2,1H3. The second-order valence-corrected chi connectivity index (χ2v) is 5.66. The number of benzene rings is 2. The van der Waals surface area contributed by atoms with Crippen LogP contribution >= 0.6 is 0 Å². The summed E-state index contributed by atoms with van der Waals surface area (Å²) >= 11 is 0. The number of carbonyl (C=O) groups is 1. The molecular weight excluding hydrogens is 312 g/mol. The summed E-state index contributed by atoms with van der Waals surface area (Å²) in [5.41, 5.74) is 1.40. The number of carbonyl (C=O) groups excluding carboxylic acids is 1. The van der Waals surface area contributed by atoms with Crippen LogP contribution in [0.4, 0.5) is 20.2 Å². The summed E-state index contributed by atoms with van der Waals surface area (Å²) in [6.45, 7) is 2.10. The predicted octanol–water partition coefficient (Wildman–Crippen LogP) is 3.23. The number of nitrogens with zero attached hydrogens (tertiary/aromatic N) is 2. The van der Waals surface area contributed by atoms with Crippen molar-refractivity contribution >= 4 is 17.3 Å². The Morgan fingerprint density at radius 1 is 1.29 bits per heavy atom. The number of nitriles is 1. The molecule has 0 spiro atoms. The van der Waals surface area contributed by atoms with E-state index < -0.39 is 23.4 Å². The van der Waals surface area contributed by atoms with E-state index in [2.05, 4.69) is 5.32 Å². The van der Waals surface area contributed by atoms with Gasteiger partial charge in [-0.3, -0.25) is 4.79 Å². The van der Waals surface area contributed by atoms with Crippen molar-refractivity contribution < 1.29 is 13.6 Å². The fourth-order valence-corrected chi connectivity index (χ4v) is 2.85. The van der Waals surface area contributed by atoms with Gasteiger partial charge in [0, 0.05) is 12.2 Å². The fourth-order valence-electron chi connectivity index (χ4n) is 2.85. The maximum atomic E-state index is 14.0. The van der Waals surface area contributed by atoms with Gasteiger partial charge in [0.05, 0.1) is 11.6 Å². The topological polar surface area (TPSA) is 56.1 Å². The van der Waals surface area contributed by atoms with Crippen molar-refractivity contribution in [1.82, 2.24) is 0 Å². The van der Waals surface area contributed by atoms with Gasteiger partial charge in [-0.2, -0.15) is 5.26 Å². The van der Waals surface area contributed by atoms with E-state index in [0.29, 0.717) is 6.54 Å². The summed E-state index contributed by atoms with van der Waals surface area (Å²) in [4.78, 5) is 14.2. The summed E-state index contributed by atoms with van der Waals surface area (Å²) in [6, 6.07) is 10.3. The van der Waals surface area contributed by atoms with Crippen LogP contribution in [0.15, 0.2) is 36.4 Å². The lowest BCUT2D eigenvalue weighted by atomic mass is 10.1. The molecule has 0 aliphatic carbocycles. The molecule has 1 N–H and O–H groups in total. The first-order chi connectivity index (χ1) is 11.5. The summed E-state index contributed by atoms with van der Waals surface area (Å²) in [6.07, 6.45) is 0.758. The third-order valence-electron chi connectivity index (χ3n) is 4.06. The van der Waals surface area contributed by atoms with Crippen LogP contribution in [-0.4, -0.2) is 18.5 Å². The highest BCUT2D eigenvalue weighted by Gasteiger charge is 2.28. The van der Waals surface area contributed by atoms with E-state index in [4.69, 9.17) is 5.26 Å². The van der Waals surface area contributed by atoms with E-state index >= 15 is 0 Å². The number of anilines is 2. The Morgan fingerprint density at radius 3 is 2.62 bits per heavy atom. The van der Waals surface area contributed by atoms with E-state index in [1.165, 1.54) is 0 Å². The Morgan fingerprint density at radius 2 is 1.96 bits per heavy atom. The van der Waals surface area contributed by atoms with Gasteiger partial charge in [0.15, 0.2) is 11.6 Å². The number of para-hydroxylation sites is 1. The van der Waals surface area contributed by atoms with Crippen LogP contribution in [0.5, 0.6) is 0 Å². The van der Waals surface area contributed by atoms with Gasteiger partial charge in [-0.1, -0.05) is 18.2 Å². The van der Waals surface area contributed by atoms with Crippen molar-refractivity contribution in [1.29, 1.82) is 5.26 Å². The van der Waals surface area contributed by atoms with Gasteiger partial charge in [0.25, 0.3) is 0 Å². The van der Waals surface area contributed by atoms with Crippen molar-refractivity contribution in [2.24, 2.45) is 0 Å². The molecule has 2 aromatic rings. The van der Waals surface area contributed by atoms with Gasteiger partial charge < -0.3 is 10.2 Å². The highest BCUT2D eigenvalue weighted by molar-refractivity contribution is 6.00. The first kappa shape index (κ1) is 15.9. The van der Waals surface area contributed by atoms with E-state index in [9.17, 15) is 13.6 Å². The maximum Gasteiger partial charge on any atom is 0.249 e. The number of hydrogen-bond donors (Lipinski definition) is 1. The molecule has 0 saturated heterocycles. The molecule has 0 fully saturated rings. The minimum absolute atomic E-state index is 0.108. The number of fused-ring (bicyclic) bond motifs is 1. The summed E-state index contributed by atoms with van der Waals surface area (Å²) in [5.74, 6) is -2.05. The third kappa shape index (κ3) is 2.81. The second-order valence-electron chi connectivity index (χ2n) is 5.66. The van der Waals surface area contributed by atoms with E-state index in [1.54, 1.807) is 17.9 Å². The van der Waals surface area contributed by atoms with Gasteiger partial charge in [-0.25, -0.2) is 8.78 Å². The van der Waals surface area contributed by atoms with Gasteiger partial charge in [-0.15, -0.1) is 0 Å². The van der Waals surface area contributed by atoms with Gasteiger partial charge >= 0.3 is 0 Å². The number of hydrogen-bond acceptors (Lipinski definition) is 3. The van der Waals surface area contributed by atoms with E-state index in [-0.39, 0.29) is 11.5 Å². The van der Waals surface area contributed by atoms with Gasteiger partial charge in [-0.05, 0) is 37.1 Å². The van der Waals surface area contributed by atoms with E-state index in [0.717, 1.165) is 29.8 Å². The fraction of sp³-hybridized carbons (Fsp3) is 0.222. The largest absolute Gasteiger partial charge is 0.369 e. The van der Waals surface area contributed by atoms with Crippen LogP contribution in [0.3, 0.4) is 0 Å². The van der Waals surface area contributed by atoms with Gasteiger partial charge in [0.2, 0.25) is 5.91 Å². The lowest BCUT2D eigenvalue weighted by Gasteiger charge is -2.23. The van der Waals surface area contributed by atoms with Crippen molar-refractivity contribution in [3.05, 3.63) is 59.2 Å². The lowest BCUT2D eigenvalue weighted by molar-refractivity contribution is -0.118. The molecule has 6 heteroatoms. The zero-order chi connectivity index (χ0) is 17.3. The van der Waals surface area contributed by atoms with Crippen LogP contribution in [0.25, 0.3) is 0 Å². The van der Waals surface area contributed by atoms with Crippen LogP contribution in [0.1, 0.15) is 18.1 Å². The molecule has 122 valence electrons. The molecule has 1 unspecified atom stereocenters. The minimum atomic E-state index is -0.895. The van der Waals surface area contributed by atoms with Crippen molar-refractivity contribution in [3.8, 4) is 6.07 Å². The zero-order valence-corrected chi connectivity index (χ0v) is 13.0. The highest BCUT2D eigenvalue weighted by Crippen LogP contribution is 2.29. The molecule has 3 rings (SSSR count). The van der Waals surface area contributed by atoms with Crippen LogP contribution < -0.4 is 10.2 Å². The average molecular weight is 327 g/mol. The summed E-state index contributed by atoms with van der Waals surface area (Å²) < 4.78 is 27.9. The molecular formula is C18H15F2N3O. The van der Waals surface area contributed by atoms with Gasteiger partial charge in [0.1, 0.15) is 11.7 Å². The molecule has 4 nitrogen and oxygen atoms in total. The number of nitrogens with one attached hydrogen (secondary N) is 1. The lowest BCUT2D eigenvalue weighted by Crippen LogP contribution is -2.40. The Kier molecular flexibility index (Phi) is 4.17. The molecule has 0 aromatic heterocycles. The molecule has 1 atom stereocenters. The number of rotatable bonds is 3. The van der Waals surface area contributed by atoms with E-state index in [1.807, 2.05) is 24.3 Å². The van der Waals surface area contributed by atoms with Crippen molar-refractivity contribution in [2.75, 3.05) is 16.8 Å². The molecule has 1 heterocycles. The Labute approximate surface area is 138 Å². The smallest absolute Gasteiger partial charge is 0.249 e. The molecule has 0 bridgehead atoms. The Hall–Kier alpha value is -2.94. The highest BCUT2D eigenvalue weighted by atomic mass is 19.1. The maximum absolute atomic E-state index is 14.0. The summed E-state index contributed by atoms with van der Waals surface area (Å²) in [5, 5.41) is 11.3. The van der Waals surface area contributed by atoms with Crippen molar-refractivity contribution in [3.63, 3.8) is 0 Å². The first-order valence-corrected chi connectivity index (χ1v) is 7.56. The predicted molar refractivity (Wildman–Crippen MR) is 86.7 cm³/mol. The van der Waals surface area contributed by atoms with Crippen LogP contribution in [0, 0.1) is 23.0 Å². The van der Waals surface area contributed by atoms with Crippen LogP contribution in [-0.2, 0) is 11.2 Å². The molecule has 0 saturated carbocycles. The van der Waals surface area contributed by atoms with Crippen LogP contribution in [0.2, 0.25) is 0 Å². The molecule has 1 aliphatic heterocycles. The normalized spacial score (nSPS) is 14.0. The molecule has 1 amide bonds. The average Bonchev–Trinajstić information content (AvgIpc) is 3.01. The SMILES string of the molecule is CC(Nc1c(F)cc(C#N)cc1F)C(=O)N1CCc2ccccc21. The monoisotopic (exact) mass is 327 g/mol. The second kappa shape index (κ2) is 6.28. The molecule has 24 heavy (non-hydrogen) atoms. The minimum Gasteiger partial charge on any atom is -0.369 e. The Balaban J connectivity index is 1.80. The molecule has 1 aliphatic rings. The quantitative estimate of drug-likeness (QED) is 0.942.